The zero-order valence-electron chi connectivity index (χ0n) is 22.0. The van der Waals surface area contributed by atoms with Crippen molar-refractivity contribution in [3.05, 3.63) is 83.1 Å². The molecule has 2 amide bonds. The van der Waals surface area contributed by atoms with Crippen LogP contribution in [0.4, 0.5) is 4.79 Å². The quantitative estimate of drug-likeness (QED) is 0.238. The van der Waals surface area contributed by atoms with Gasteiger partial charge >= 0.3 is 18.0 Å². The number of carbonyl (C=O) groups is 4. The number of carbonyl (C=O) groups excluding carboxylic acids is 4. The maximum Gasteiger partial charge on any atom is 0.428 e. The minimum absolute atomic E-state index is 0.00178. The molecular formula is C28H29N3O7S. The summed E-state index contributed by atoms with van der Waals surface area (Å²) in [7, 11) is 0. The van der Waals surface area contributed by atoms with Crippen molar-refractivity contribution in [1.82, 2.24) is 10.3 Å². The average molecular weight is 552 g/mol. The van der Waals surface area contributed by atoms with Crippen LogP contribution in [0.2, 0.25) is 0 Å². The molecule has 4 rings (SSSR count). The monoisotopic (exact) mass is 551 g/mol. The Labute approximate surface area is 230 Å². The van der Waals surface area contributed by atoms with Crippen molar-refractivity contribution in [2.24, 2.45) is 5.10 Å². The van der Waals surface area contributed by atoms with E-state index < -0.39 is 41.0 Å². The lowest BCUT2D eigenvalue weighted by atomic mass is 10.0. The predicted octanol–water partition coefficient (Wildman–Crippen LogP) is 3.93. The van der Waals surface area contributed by atoms with Gasteiger partial charge in [-0.1, -0.05) is 60.7 Å². The Morgan fingerprint density at radius 3 is 2.18 bits per heavy atom. The normalized spacial score (nSPS) is 17.9. The van der Waals surface area contributed by atoms with Crippen LogP contribution in [0.25, 0.3) is 0 Å². The molecule has 204 valence electrons. The second kappa shape index (κ2) is 11.7. The van der Waals surface area contributed by atoms with Crippen molar-refractivity contribution >= 4 is 41.4 Å². The van der Waals surface area contributed by atoms with Crippen LogP contribution in [-0.4, -0.2) is 57.9 Å². The molecule has 0 aliphatic carbocycles. The minimum Gasteiger partial charge on any atom is -0.461 e. The number of hydrogen-bond acceptors (Lipinski definition) is 9. The number of rotatable bonds is 7. The van der Waals surface area contributed by atoms with E-state index in [0.29, 0.717) is 5.57 Å². The highest BCUT2D eigenvalue weighted by molar-refractivity contribution is 8.01. The minimum atomic E-state index is -0.804. The Balaban J connectivity index is 1.62. The van der Waals surface area contributed by atoms with E-state index in [-0.39, 0.29) is 23.8 Å². The number of hydrogen-bond donors (Lipinski definition) is 1. The van der Waals surface area contributed by atoms with E-state index in [4.69, 9.17) is 14.2 Å². The van der Waals surface area contributed by atoms with E-state index in [0.717, 1.165) is 11.1 Å². The average Bonchev–Trinajstić information content (AvgIpc) is 2.89. The van der Waals surface area contributed by atoms with Gasteiger partial charge in [0.2, 0.25) is 0 Å². The number of benzene rings is 2. The molecule has 2 aliphatic rings. The van der Waals surface area contributed by atoms with Crippen LogP contribution < -0.4 is 5.43 Å². The molecule has 0 bridgehead atoms. The third-order valence-electron chi connectivity index (χ3n) is 5.64. The lowest BCUT2D eigenvalue weighted by Crippen LogP contribution is -2.63. The van der Waals surface area contributed by atoms with Crippen LogP contribution in [-0.2, 0) is 28.6 Å². The molecule has 0 radical (unpaired) electrons. The third-order valence-corrected chi connectivity index (χ3v) is 6.90. The number of fused-ring (bicyclic) bond motifs is 1. The van der Waals surface area contributed by atoms with Gasteiger partial charge < -0.3 is 14.2 Å². The SMILES string of the molecule is CC(=O)OCC1=C(C(=O)OC(c2ccccc2)c2ccccc2)N2C(=O)/C(=N/NC(=O)OC(C)(C)C)C2SC1. The zero-order valence-corrected chi connectivity index (χ0v) is 22.8. The number of esters is 2. The molecule has 2 heterocycles. The first-order chi connectivity index (χ1) is 18.5. The van der Waals surface area contributed by atoms with Crippen molar-refractivity contribution in [3.63, 3.8) is 0 Å². The summed E-state index contributed by atoms with van der Waals surface area (Å²) in [6, 6.07) is 18.5. The van der Waals surface area contributed by atoms with Gasteiger partial charge in [-0.15, -0.1) is 11.8 Å². The molecule has 1 unspecified atom stereocenters. The summed E-state index contributed by atoms with van der Waals surface area (Å²) in [6.45, 7) is 6.21. The molecule has 2 aromatic rings. The first kappa shape index (κ1) is 27.9. The van der Waals surface area contributed by atoms with Gasteiger partial charge in [0, 0.05) is 18.2 Å². The maximum atomic E-state index is 13.7. The molecular weight excluding hydrogens is 522 g/mol. The van der Waals surface area contributed by atoms with Gasteiger partial charge in [0.25, 0.3) is 5.91 Å². The molecule has 2 aliphatic heterocycles. The second-order valence-electron chi connectivity index (χ2n) is 9.79. The number of hydrazone groups is 1. The highest BCUT2D eigenvalue weighted by Crippen LogP contribution is 2.40. The van der Waals surface area contributed by atoms with Crippen LogP contribution in [0.5, 0.6) is 0 Å². The fourth-order valence-electron chi connectivity index (χ4n) is 3.98. The summed E-state index contributed by atoms with van der Waals surface area (Å²) in [5, 5.41) is 3.31. The van der Waals surface area contributed by atoms with Crippen LogP contribution in [0.3, 0.4) is 0 Å². The molecule has 1 atom stereocenters. The molecule has 1 fully saturated rings. The van der Waals surface area contributed by atoms with E-state index in [1.54, 1.807) is 20.8 Å². The largest absolute Gasteiger partial charge is 0.461 e. The Morgan fingerprint density at radius 1 is 1.05 bits per heavy atom. The lowest BCUT2D eigenvalue weighted by Gasteiger charge is -2.44. The van der Waals surface area contributed by atoms with Gasteiger partial charge in [0.05, 0.1) is 0 Å². The number of amides is 2. The van der Waals surface area contributed by atoms with E-state index in [1.807, 2.05) is 60.7 Å². The number of ether oxygens (including phenoxy) is 3. The Kier molecular flexibility index (Phi) is 8.39. The Morgan fingerprint density at radius 2 is 1.64 bits per heavy atom. The Hall–Kier alpha value is -4.12. The van der Waals surface area contributed by atoms with Crippen molar-refractivity contribution in [3.8, 4) is 0 Å². The predicted molar refractivity (Wildman–Crippen MR) is 144 cm³/mol. The maximum absolute atomic E-state index is 13.7. The van der Waals surface area contributed by atoms with Gasteiger partial charge in [-0.2, -0.15) is 5.10 Å². The van der Waals surface area contributed by atoms with Crippen molar-refractivity contribution in [1.29, 1.82) is 0 Å². The standard InChI is InChI=1S/C28H29N3O7S/c1-17(32)36-15-20-16-39-25-21(29-30-27(35)38-28(2,3)4)24(33)31(25)22(20)26(34)37-23(18-11-7-5-8-12-18)19-13-9-6-10-14-19/h5-14,23,25H,15-16H2,1-4H3,(H,30,35)/b29-21-. The summed E-state index contributed by atoms with van der Waals surface area (Å²) >= 11 is 1.31. The van der Waals surface area contributed by atoms with Gasteiger partial charge in [0.1, 0.15) is 23.3 Å². The number of nitrogens with one attached hydrogen (secondary N) is 1. The fourth-order valence-corrected chi connectivity index (χ4v) is 5.22. The molecule has 0 saturated carbocycles. The molecule has 0 spiro atoms. The number of thioether (sulfide) groups is 1. The topological polar surface area (TPSA) is 124 Å². The van der Waals surface area contributed by atoms with Gasteiger partial charge in [-0.3, -0.25) is 14.5 Å². The molecule has 0 aromatic heterocycles. The van der Waals surface area contributed by atoms with Gasteiger partial charge in [-0.05, 0) is 31.9 Å². The molecule has 10 nitrogen and oxygen atoms in total. The van der Waals surface area contributed by atoms with Crippen molar-refractivity contribution in [2.45, 2.75) is 44.8 Å². The van der Waals surface area contributed by atoms with E-state index in [1.165, 1.54) is 23.6 Å². The number of nitrogens with zero attached hydrogens (tertiary/aromatic N) is 2. The summed E-state index contributed by atoms with van der Waals surface area (Å²) in [5.74, 6) is -1.56. The summed E-state index contributed by atoms with van der Waals surface area (Å²) in [4.78, 5) is 51.7. The second-order valence-corrected chi connectivity index (χ2v) is 10.9. The lowest BCUT2D eigenvalue weighted by molar-refractivity contribution is -0.148. The van der Waals surface area contributed by atoms with Gasteiger partial charge in [-0.25, -0.2) is 15.0 Å². The first-order valence-electron chi connectivity index (χ1n) is 12.2. The molecule has 39 heavy (non-hydrogen) atoms. The number of β-lactam (4-membered cyclic amide) rings is 1. The van der Waals surface area contributed by atoms with Crippen molar-refractivity contribution in [2.75, 3.05) is 12.4 Å². The Bertz CT molecular complexity index is 1280. The van der Waals surface area contributed by atoms with E-state index >= 15 is 0 Å². The van der Waals surface area contributed by atoms with Gasteiger partial charge in [0.15, 0.2) is 11.8 Å². The van der Waals surface area contributed by atoms with E-state index in [2.05, 4.69) is 10.5 Å². The van der Waals surface area contributed by atoms with Crippen LogP contribution in [0, 0.1) is 0 Å². The third kappa shape index (κ3) is 6.66. The molecule has 1 saturated heterocycles. The van der Waals surface area contributed by atoms with Crippen LogP contribution in [0.15, 0.2) is 77.0 Å². The summed E-state index contributed by atoms with van der Waals surface area (Å²) < 4.78 is 16.4. The van der Waals surface area contributed by atoms with Crippen molar-refractivity contribution < 1.29 is 33.4 Å². The summed E-state index contributed by atoms with van der Waals surface area (Å²) in [5.41, 5.74) is 3.49. The fraction of sp³-hybridized carbons (Fsp3) is 0.321. The highest BCUT2D eigenvalue weighted by atomic mass is 32.2. The molecule has 1 N–H and O–H groups in total. The summed E-state index contributed by atoms with van der Waals surface area (Å²) in [6.07, 6.45) is -1.55. The van der Waals surface area contributed by atoms with Crippen LogP contribution >= 0.6 is 11.8 Å². The highest BCUT2D eigenvalue weighted by Gasteiger charge is 2.52. The molecule has 2 aromatic carbocycles. The first-order valence-corrected chi connectivity index (χ1v) is 13.3. The molecule has 11 heteroatoms. The van der Waals surface area contributed by atoms with Crippen LogP contribution in [0.1, 0.15) is 44.9 Å². The zero-order chi connectivity index (χ0) is 28.2. The van der Waals surface area contributed by atoms with E-state index in [9.17, 15) is 19.2 Å². The smallest absolute Gasteiger partial charge is 0.428 e.